The van der Waals surface area contributed by atoms with Gasteiger partial charge in [-0.25, -0.2) is 0 Å². The van der Waals surface area contributed by atoms with Gasteiger partial charge in [-0.3, -0.25) is 0 Å². The topological polar surface area (TPSA) is 12.0 Å². The zero-order chi connectivity index (χ0) is 14.8. The third-order valence-electron chi connectivity index (χ3n) is 4.19. The smallest absolute Gasteiger partial charge is 0.313 e. The van der Waals surface area contributed by atoms with Gasteiger partial charge in [-0.05, 0) is 49.9 Å². The summed E-state index contributed by atoms with van der Waals surface area (Å²) in [6.45, 7) is 0. The van der Waals surface area contributed by atoms with Crippen LogP contribution in [0.25, 0.3) is 0 Å². The monoisotopic (exact) mass is 305 g/mol. The van der Waals surface area contributed by atoms with E-state index in [1.165, 1.54) is 0 Å². The Morgan fingerprint density at radius 3 is 2.40 bits per heavy atom. The zero-order valence-electron chi connectivity index (χ0n) is 11.4. The maximum absolute atomic E-state index is 12.9. The first kappa shape index (κ1) is 15.6. The van der Waals surface area contributed by atoms with Crippen LogP contribution in [0.1, 0.15) is 37.3 Å². The van der Waals surface area contributed by atoms with E-state index in [0.29, 0.717) is 11.4 Å². The van der Waals surface area contributed by atoms with Crippen LogP contribution in [-0.4, -0.2) is 13.2 Å². The second-order valence-electron chi connectivity index (χ2n) is 5.48. The van der Waals surface area contributed by atoms with Gasteiger partial charge in [-0.2, -0.15) is 13.2 Å². The number of hydrogen-bond acceptors (Lipinski definition) is 1. The second kappa shape index (κ2) is 6.35. The van der Waals surface area contributed by atoms with Gasteiger partial charge in [0.2, 0.25) is 0 Å². The predicted octanol–water partition coefficient (Wildman–Crippen LogP) is 4.97. The summed E-state index contributed by atoms with van der Waals surface area (Å²) in [5.74, 6) is -1.15. The highest BCUT2D eigenvalue weighted by molar-refractivity contribution is 6.30. The summed E-state index contributed by atoms with van der Waals surface area (Å²) in [5.41, 5.74) is 1.00. The quantitative estimate of drug-likeness (QED) is 0.831. The van der Waals surface area contributed by atoms with Gasteiger partial charge in [0.1, 0.15) is 0 Å². The van der Waals surface area contributed by atoms with Crippen LogP contribution in [0.5, 0.6) is 0 Å². The van der Waals surface area contributed by atoms with Crippen molar-refractivity contribution >= 4 is 11.6 Å². The molecular formula is C15H19ClF3N. The fraction of sp³-hybridized carbons (Fsp3) is 0.600. The second-order valence-corrected chi connectivity index (χ2v) is 5.92. The van der Waals surface area contributed by atoms with E-state index in [0.717, 1.165) is 12.0 Å². The molecule has 0 heterocycles. The lowest BCUT2D eigenvalue weighted by Crippen LogP contribution is -2.34. The zero-order valence-corrected chi connectivity index (χ0v) is 12.1. The van der Waals surface area contributed by atoms with Gasteiger partial charge in [-0.1, -0.05) is 30.2 Å². The van der Waals surface area contributed by atoms with E-state index < -0.39 is 12.1 Å². The predicted molar refractivity (Wildman–Crippen MR) is 74.8 cm³/mol. The molecule has 0 amide bonds. The summed E-state index contributed by atoms with van der Waals surface area (Å²) in [6.07, 6.45) is -2.13. The van der Waals surface area contributed by atoms with Crippen LogP contribution in [0.4, 0.5) is 13.2 Å². The van der Waals surface area contributed by atoms with Crippen molar-refractivity contribution in [1.82, 2.24) is 5.32 Å². The molecule has 20 heavy (non-hydrogen) atoms. The molecule has 0 spiro atoms. The fourth-order valence-electron chi connectivity index (χ4n) is 3.17. The summed E-state index contributed by atoms with van der Waals surface area (Å²) in [5, 5.41) is 3.81. The average Bonchev–Trinajstić information content (AvgIpc) is 2.41. The third-order valence-corrected chi connectivity index (χ3v) is 4.44. The van der Waals surface area contributed by atoms with Gasteiger partial charge in [0, 0.05) is 11.1 Å². The van der Waals surface area contributed by atoms with Crippen LogP contribution in [0.3, 0.4) is 0 Å². The molecule has 0 saturated heterocycles. The van der Waals surface area contributed by atoms with E-state index in [-0.39, 0.29) is 24.8 Å². The maximum atomic E-state index is 12.9. The molecule has 1 fully saturated rings. The molecule has 0 radical (unpaired) electrons. The first-order valence-corrected chi connectivity index (χ1v) is 7.29. The maximum Gasteiger partial charge on any atom is 0.391 e. The van der Waals surface area contributed by atoms with E-state index in [9.17, 15) is 13.2 Å². The Kier molecular flexibility index (Phi) is 4.97. The lowest BCUT2D eigenvalue weighted by Gasteiger charge is -2.35. The van der Waals surface area contributed by atoms with Gasteiger partial charge < -0.3 is 5.32 Å². The molecule has 1 aliphatic rings. The molecule has 1 saturated carbocycles. The molecule has 1 aromatic rings. The van der Waals surface area contributed by atoms with E-state index in [2.05, 4.69) is 5.32 Å². The van der Waals surface area contributed by atoms with Crippen LogP contribution >= 0.6 is 11.6 Å². The Balaban J connectivity index is 2.13. The van der Waals surface area contributed by atoms with Crippen molar-refractivity contribution < 1.29 is 13.2 Å². The van der Waals surface area contributed by atoms with Crippen LogP contribution in [0, 0.1) is 11.8 Å². The van der Waals surface area contributed by atoms with Crippen molar-refractivity contribution in [2.45, 2.75) is 37.9 Å². The summed E-state index contributed by atoms with van der Waals surface area (Å²) in [7, 11) is 1.80. The number of benzene rings is 1. The molecule has 0 bridgehead atoms. The summed E-state index contributed by atoms with van der Waals surface area (Å²) >= 11 is 5.86. The highest BCUT2D eigenvalue weighted by Crippen LogP contribution is 2.43. The Morgan fingerprint density at radius 1 is 1.20 bits per heavy atom. The summed E-state index contributed by atoms with van der Waals surface area (Å²) in [6, 6.07) is 7.30. The van der Waals surface area contributed by atoms with Crippen molar-refractivity contribution in [3.8, 4) is 0 Å². The first-order valence-electron chi connectivity index (χ1n) is 6.91. The Bertz CT molecular complexity index is 430. The number of nitrogens with one attached hydrogen (secondary N) is 1. The molecule has 112 valence electrons. The molecule has 5 heteroatoms. The standard InChI is InChI=1S/C15H19ClF3N/c1-20-14(10-5-7-13(16)8-6-10)11-3-2-4-12(9-11)15(17,18)19/h5-8,11-12,14,20H,2-4,9H2,1H3. The van der Waals surface area contributed by atoms with Crippen LogP contribution in [0.2, 0.25) is 5.02 Å². The summed E-state index contributed by atoms with van der Waals surface area (Å²) in [4.78, 5) is 0. The van der Waals surface area contributed by atoms with Gasteiger partial charge in [0.25, 0.3) is 0 Å². The minimum absolute atomic E-state index is 0.0153. The van der Waals surface area contributed by atoms with Crippen molar-refractivity contribution in [3.63, 3.8) is 0 Å². The Hall–Kier alpha value is -0.740. The SMILES string of the molecule is CNC(c1ccc(Cl)cc1)C1CCCC(C(F)(F)F)C1. The molecule has 1 aromatic carbocycles. The van der Waals surface area contributed by atoms with Crippen molar-refractivity contribution in [1.29, 1.82) is 0 Å². The fourth-order valence-corrected chi connectivity index (χ4v) is 3.30. The Labute approximate surface area is 122 Å². The largest absolute Gasteiger partial charge is 0.391 e. The molecule has 1 nitrogen and oxygen atoms in total. The van der Waals surface area contributed by atoms with Gasteiger partial charge in [0.05, 0.1) is 5.92 Å². The van der Waals surface area contributed by atoms with E-state index in [1.807, 2.05) is 12.1 Å². The highest BCUT2D eigenvalue weighted by atomic mass is 35.5. The van der Waals surface area contributed by atoms with Crippen LogP contribution < -0.4 is 5.32 Å². The molecule has 1 aliphatic carbocycles. The molecule has 0 aromatic heterocycles. The normalized spacial score (nSPS) is 25.4. The molecule has 3 unspecified atom stereocenters. The minimum Gasteiger partial charge on any atom is -0.313 e. The molecule has 3 atom stereocenters. The van der Waals surface area contributed by atoms with E-state index in [4.69, 9.17) is 11.6 Å². The van der Waals surface area contributed by atoms with Gasteiger partial charge >= 0.3 is 6.18 Å². The van der Waals surface area contributed by atoms with Crippen molar-refractivity contribution in [2.24, 2.45) is 11.8 Å². The molecule has 0 aliphatic heterocycles. The van der Waals surface area contributed by atoms with Gasteiger partial charge in [-0.15, -0.1) is 0 Å². The Morgan fingerprint density at radius 2 is 1.85 bits per heavy atom. The van der Waals surface area contributed by atoms with Crippen molar-refractivity contribution in [2.75, 3.05) is 7.05 Å². The molecular weight excluding hydrogens is 287 g/mol. The van der Waals surface area contributed by atoms with E-state index in [1.54, 1.807) is 19.2 Å². The number of hydrogen-bond donors (Lipinski definition) is 1. The lowest BCUT2D eigenvalue weighted by atomic mass is 9.76. The van der Waals surface area contributed by atoms with Gasteiger partial charge in [0.15, 0.2) is 0 Å². The number of halogens is 4. The van der Waals surface area contributed by atoms with E-state index >= 15 is 0 Å². The molecule has 2 rings (SSSR count). The van der Waals surface area contributed by atoms with Crippen LogP contribution in [-0.2, 0) is 0 Å². The first-order chi connectivity index (χ1) is 9.41. The van der Waals surface area contributed by atoms with Crippen LogP contribution in [0.15, 0.2) is 24.3 Å². The molecule has 1 N–H and O–H groups in total. The summed E-state index contributed by atoms with van der Waals surface area (Å²) < 4.78 is 38.7. The third kappa shape index (κ3) is 3.67. The number of rotatable bonds is 3. The van der Waals surface area contributed by atoms with Crippen molar-refractivity contribution in [3.05, 3.63) is 34.9 Å². The average molecular weight is 306 g/mol. The highest BCUT2D eigenvalue weighted by Gasteiger charge is 2.43. The lowest BCUT2D eigenvalue weighted by molar-refractivity contribution is -0.186. The number of alkyl halides is 3. The minimum atomic E-state index is -4.07.